The molecule has 90 valence electrons. The van der Waals surface area contributed by atoms with Gasteiger partial charge in [-0.3, -0.25) is 0 Å². The molecule has 0 saturated heterocycles. The molecule has 0 spiro atoms. The van der Waals surface area contributed by atoms with Crippen LogP contribution in [0.2, 0.25) is 0 Å². The predicted molar refractivity (Wildman–Crippen MR) is 69.1 cm³/mol. The maximum absolute atomic E-state index is 4.52. The minimum absolute atomic E-state index is 0.0599. The van der Waals surface area contributed by atoms with Crippen molar-refractivity contribution >= 4 is 16.7 Å². The average Bonchev–Trinajstić information content (AvgIpc) is 2.56. The van der Waals surface area contributed by atoms with Crippen molar-refractivity contribution in [3.63, 3.8) is 0 Å². The molecular formula is C12H21N3S. The summed E-state index contributed by atoms with van der Waals surface area (Å²) in [6, 6.07) is 0. The van der Waals surface area contributed by atoms with Gasteiger partial charge in [-0.25, -0.2) is 4.98 Å². The van der Waals surface area contributed by atoms with E-state index in [0.29, 0.717) is 0 Å². The van der Waals surface area contributed by atoms with E-state index in [9.17, 15) is 0 Å². The van der Waals surface area contributed by atoms with Crippen LogP contribution in [-0.2, 0) is 5.41 Å². The van der Waals surface area contributed by atoms with Crippen LogP contribution in [0, 0.1) is 5.92 Å². The summed E-state index contributed by atoms with van der Waals surface area (Å²) < 4.78 is 4.39. The minimum atomic E-state index is 0.0599. The third-order valence-corrected chi connectivity index (χ3v) is 3.82. The summed E-state index contributed by atoms with van der Waals surface area (Å²) in [7, 11) is 0. The van der Waals surface area contributed by atoms with Crippen molar-refractivity contribution in [2.75, 3.05) is 11.9 Å². The first-order valence-electron chi connectivity index (χ1n) is 6.14. The summed E-state index contributed by atoms with van der Waals surface area (Å²) in [5.74, 6) is 1.91. The Morgan fingerprint density at radius 1 is 1.38 bits per heavy atom. The largest absolute Gasteiger partial charge is 0.360 e. The Labute approximate surface area is 102 Å². The lowest BCUT2D eigenvalue weighted by Gasteiger charge is -2.24. The zero-order valence-electron chi connectivity index (χ0n) is 10.4. The van der Waals surface area contributed by atoms with Crippen molar-refractivity contribution in [2.45, 2.75) is 51.9 Å². The number of nitrogens with one attached hydrogen (secondary N) is 1. The second kappa shape index (κ2) is 4.70. The number of aromatic nitrogens is 2. The number of hydrogen-bond donors (Lipinski definition) is 1. The van der Waals surface area contributed by atoms with Gasteiger partial charge in [0.25, 0.3) is 0 Å². The molecule has 0 aromatic carbocycles. The van der Waals surface area contributed by atoms with Crippen molar-refractivity contribution in [3.8, 4) is 0 Å². The first kappa shape index (κ1) is 11.8. The number of nitrogens with zero attached hydrogens (tertiary/aromatic N) is 2. The molecule has 1 N–H and O–H groups in total. The van der Waals surface area contributed by atoms with Crippen LogP contribution < -0.4 is 5.32 Å². The highest BCUT2D eigenvalue weighted by Gasteiger charge is 2.20. The van der Waals surface area contributed by atoms with E-state index >= 15 is 0 Å². The molecule has 3 nitrogen and oxygen atoms in total. The molecule has 0 radical (unpaired) electrons. The van der Waals surface area contributed by atoms with Gasteiger partial charge in [-0.1, -0.05) is 40.0 Å². The maximum Gasteiger partial charge on any atom is 0.202 e. The standard InChI is InChI=1S/C12H21N3S/c1-12(2,3)10-14-11(16-15-10)13-8-7-9-5-4-6-9/h9H,4-8H2,1-3H3,(H,13,14,15). The molecule has 1 aliphatic carbocycles. The van der Waals surface area contributed by atoms with Gasteiger partial charge in [-0.2, -0.15) is 4.37 Å². The molecule has 4 heteroatoms. The van der Waals surface area contributed by atoms with Crippen molar-refractivity contribution < 1.29 is 0 Å². The molecule has 1 aromatic rings. The number of anilines is 1. The van der Waals surface area contributed by atoms with E-state index in [1.165, 1.54) is 37.2 Å². The fourth-order valence-corrected chi connectivity index (χ4v) is 2.55. The highest BCUT2D eigenvalue weighted by atomic mass is 32.1. The molecule has 0 unspecified atom stereocenters. The Bertz CT molecular complexity index is 336. The fourth-order valence-electron chi connectivity index (χ4n) is 1.76. The van der Waals surface area contributed by atoms with Crippen LogP contribution in [-0.4, -0.2) is 15.9 Å². The van der Waals surface area contributed by atoms with Gasteiger partial charge in [0, 0.05) is 23.5 Å². The van der Waals surface area contributed by atoms with E-state index in [-0.39, 0.29) is 5.41 Å². The monoisotopic (exact) mass is 239 g/mol. The summed E-state index contributed by atoms with van der Waals surface area (Å²) in [5, 5.41) is 4.36. The second-order valence-corrected chi connectivity index (χ2v) is 6.44. The normalized spacial score (nSPS) is 17.2. The molecule has 1 aromatic heterocycles. The van der Waals surface area contributed by atoms with Gasteiger partial charge in [0.15, 0.2) is 0 Å². The Balaban J connectivity index is 1.78. The smallest absolute Gasteiger partial charge is 0.202 e. The van der Waals surface area contributed by atoms with Gasteiger partial charge >= 0.3 is 0 Å². The third-order valence-electron chi connectivity index (χ3n) is 3.15. The van der Waals surface area contributed by atoms with E-state index in [0.717, 1.165) is 23.4 Å². The molecular weight excluding hydrogens is 218 g/mol. The molecule has 1 heterocycles. The van der Waals surface area contributed by atoms with Crippen LogP contribution in [0.5, 0.6) is 0 Å². The van der Waals surface area contributed by atoms with Crippen LogP contribution in [0.25, 0.3) is 0 Å². The third kappa shape index (κ3) is 2.94. The Morgan fingerprint density at radius 2 is 2.12 bits per heavy atom. The second-order valence-electron chi connectivity index (χ2n) is 5.69. The van der Waals surface area contributed by atoms with Crippen LogP contribution in [0.1, 0.15) is 52.3 Å². The van der Waals surface area contributed by atoms with Crippen molar-refractivity contribution in [1.82, 2.24) is 9.36 Å². The van der Waals surface area contributed by atoms with Gasteiger partial charge in [-0.15, -0.1) is 0 Å². The molecule has 1 saturated carbocycles. The fraction of sp³-hybridized carbons (Fsp3) is 0.833. The van der Waals surface area contributed by atoms with E-state index in [4.69, 9.17) is 0 Å². The molecule has 0 aliphatic heterocycles. The highest BCUT2D eigenvalue weighted by Crippen LogP contribution is 2.29. The van der Waals surface area contributed by atoms with Gasteiger partial charge in [0.1, 0.15) is 5.82 Å². The molecule has 16 heavy (non-hydrogen) atoms. The lowest BCUT2D eigenvalue weighted by molar-refractivity contribution is 0.303. The topological polar surface area (TPSA) is 37.8 Å². The van der Waals surface area contributed by atoms with E-state index in [1.54, 1.807) is 0 Å². The Kier molecular flexibility index (Phi) is 3.47. The van der Waals surface area contributed by atoms with Gasteiger partial charge in [0.2, 0.25) is 5.13 Å². The molecule has 0 atom stereocenters. The van der Waals surface area contributed by atoms with Crippen molar-refractivity contribution in [3.05, 3.63) is 5.82 Å². The summed E-state index contributed by atoms with van der Waals surface area (Å²) >= 11 is 1.48. The summed E-state index contributed by atoms with van der Waals surface area (Å²) in [4.78, 5) is 4.52. The average molecular weight is 239 g/mol. The molecule has 0 amide bonds. The van der Waals surface area contributed by atoms with Gasteiger partial charge in [0.05, 0.1) is 0 Å². The van der Waals surface area contributed by atoms with Gasteiger partial charge in [-0.05, 0) is 12.3 Å². The molecule has 2 rings (SSSR count). The minimum Gasteiger partial charge on any atom is -0.360 e. The zero-order valence-corrected chi connectivity index (χ0v) is 11.2. The Morgan fingerprint density at radius 3 is 2.62 bits per heavy atom. The number of hydrogen-bond acceptors (Lipinski definition) is 4. The SMILES string of the molecule is CC(C)(C)c1nsc(NCCC2CCC2)n1. The quantitative estimate of drug-likeness (QED) is 0.874. The van der Waals surface area contributed by atoms with Crippen molar-refractivity contribution in [2.24, 2.45) is 5.92 Å². The van der Waals surface area contributed by atoms with Crippen LogP contribution in [0.3, 0.4) is 0 Å². The summed E-state index contributed by atoms with van der Waals surface area (Å²) in [6.45, 7) is 7.48. The maximum atomic E-state index is 4.52. The number of rotatable bonds is 4. The predicted octanol–water partition coefficient (Wildman–Crippen LogP) is 3.44. The lowest BCUT2D eigenvalue weighted by Crippen LogP contribution is -2.16. The lowest BCUT2D eigenvalue weighted by atomic mass is 9.83. The van der Waals surface area contributed by atoms with Crippen LogP contribution in [0.4, 0.5) is 5.13 Å². The first-order chi connectivity index (χ1) is 7.55. The zero-order chi connectivity index (χ0) is 11.6. The van der Waals surface area contributed by atoms with E-state index < -0.39 is 0 Å². The van der Waals surface area contributed by atoms with E-state index in [2.05, 4.69) is 35.4 Å². The molecule has 0 bridgehead atoms. The van der Waals surface area contributed by atoms with Gasteiger partial charge < -0.3 is 5.32 Å². The summed E-state index contributed by atoms with van der Waals surface area (Å²) in [5.41, 5.74) is 0.0599. The van der Waals surface area contributed by atoms with E-state index in [1.807, 2.05) is 0 Å². The highest BCUT2D eigenvalue weighted by molar-refractivity contribution is 7.09. The summed E-state index contributed by atoms with van der Waals surface area (Å²) in [6.07, 6.45) is 5.55. The first-order valence-corrected chi connectivity index (χ1v) is 6.91. The Hall–Kier alpha value is -0.640. The molecule has 1 aliphatic rings. The van der Waals surface area contributed by atoms with Crippen LogP contribution in [0.15, 0.2) is 0 Å². The molecule has 1 fully saturated rings. The van der Waals surface area contributed by atoms with Crippen molar-refractivity contribution in [1.29, 1.82) is 0 Å². The van der Waals surface area contributed by atoms with Crippen LogP contribution >= 0.6 is 11.5 Å².